The maximum Gasteiger partial charge on any atom is 0.212 e. The van der Waals surface area contributed by atoms with Gasteiger partial charge in [-0.3, -0.25) is 0 Å². The molecule has 5 nitrogen and oxygen atoms in total. The van der Waals surface area contributed by atoms with Crippen LogP contribution in [0.15, 0.2) is 6.20 Å². The van der Waals surface area contributed by atoms with Crippen molar-refractivity contribution in [3.63, 3.8) is 0 Å². The van der Waals surface area contributed by atoms with Gasteiger partial charge in [-0.1, -0.05) is 13.8 Å². The monoisotopic (exact) mass is 291 g/mol. The predicted molar refractivity (Wildman–Crippen MR) is 75.3 cm³/mol. The Bertz CT molecular complexity index is 443. The summed E-state index contributed by atoms with van der Waals surface area (Å²) in [5.41, 5.74) is 0. The third-order valence-corrected chi connectivity index (χ3v) is 4.96. The van der Waals surface area contributed by atoms with Crippen LogP contribution in [0, 0.1) is 0 Å². The van der Waals surface area contributed by atoms with Crippen molar-refractivity contribution in [1.29, 1.82) is 0 Å². The van der Waals surface area contributed by atoms with Crippen molar-refractivity contribution in [2.75, 3.05) is 18.8 Å². The summed E-state index contributed by atoms with van der Waals surface area (Å²) in [4.78, 5) is 5.36. The first-order valence-electron chi connectivity index (χ1n) is 6.19. The fraction of sp³-hybridized carbons (Fsp3) is 0.727. The van der Waals surface area contributed by atoms with Crippen molar-refractivity contribution in [2.24, 2.45) is 0 Å². The Balaban J connectivity index is 2.32. The highest BCUT2D eigenvalue weighted by atomic mass is 32.2. The SMILES string of the molecule is CCNCCCS(=O)(=O)NCc1ncc(CC)s1. The Morgan fingerprint density at radius 3 is 2.78 bits per heavy atom. The van der Waals surface area contributed by atoms with Gasteiger partial charge in [0.25, 0.3) is 0 Å². The second-order valence-corrected chi connectivity index (χ2v) is 7.05. The van der Waals surface area contributed by atoms with Gasteiger partial charge in [0.1, 0.15) is 5.01 Å². The molecule has 0 saturated heterocycles. The van der Waals surface area contributed by atoms with Gasteiger partial charge in [-0.2, -0.15) is 0 Å². The van der Waals surface area contributed by atoms with Crippen LogP contribution in [-0.4, -0.2) is 32.2 Å². The van der Waals surface area contributed by atoms with E-state index in [4.69, 9.17) is 0 Å². The number of sulfonamides is 1. The maximum absolute atomic E-state index is 11.7. The van der Waals surface area contributed by atoms with Gasteiger partial charge in [0.2, 0.25) is 10.0 Å². The number of aryl methyl sites for hydroxylation is 1. The van der Waals surface area contributed by atoms with Gasteiger partial charge in [0, 0.05) is 11.1 Å². The molecule has 0 saturated carbocycles. The standard InChI is InChI=1S/C11H21N3O2S2/c1-3-10-8-13-11(17-10)9-14-18(15,16)7-5-6-12-4-2/h8,12,14H,3-7,9H2,1-2H3. The van der Waals surface area contributed by atoms with Crippen LogP contribution in [-0.2, 0) is 23.0 Å². The second kappa shape index (κ2) is 7.83. The fourth-order valence-electron chi connectivity index (χ4n) is 1.40. The van der Waals surface area contributed by atoms with E-state index in [1.54, 1.807) is 17.5 Å². The molecule has 18 heavy (non-hydrogen) atoms. The molecule has 0 bridgehead atoms. The molecule has 0 spiro atoms. The highest BCUT2D eigenvalue weighted by molar-refractivity contribution is 7.89. The highest BCUT2D eigenvalue weighted by Gasteiger charge is 2.10. The lowest BCUT2D eigenvalue weighted by Gasteiger charge is -2.05. The minimum Gasteiger partial charge on any atom is -0.317 e. The largest absolute Gasteiger partial charge is 0.317 e. The summed E-state index contributed by atoms with van der Waals surface area (Å²) in [6.07, 6.45) is 3.37. The smallest absolute Gasteiger partial charge is 0.212 e. The lowest BCUT2D eigenvalue weighted by molar-refractivity contribution is 0.575. The lowest BCUT2D eigenvalue weighted by Crippen LogP contribution is -2.27. The summed E-state index contributed by atoms with van der Waals surface area (Å²) in [6, 6.07) is 0. The van der Waals surface area contributed by atoms with Crippen molar-refractivity contribution in [1.82, 2.24) is 15.0 Å². The highest BCUT2D eigenvalue weighted by Crippen LogP contribution is 2.13. The molecule has 2 N–H and O–H groups in total. The first kappa shape index (κ1) is 15.6. The minimum atomic E-state index is -3.18. The number of nitrogens with one attached hydrogen (secondary N) is 2. The van der Waals surface area contributed by atoms with Gasteiger partial charge >= 0.3 is 0 Å². The van der Waals surface area contributed by atoms with E-state index >= 15 is 0 Å². The Hall–Kier alpha value is -0.500. The number of hydrogen-bond donors (Lipinski definition) is 2. The third-order valence-electron chi connectivity index (χ3n) is 2.41. The van der Waals surface area contributed by atoms with Crippen LogP contribution in [0.2, 0.25) is 0 Å². The summed E-state index contributed by atoms with van der Waals surface area (Å²) in [5, 5.41) is 3.92. The van der Waals surface area contributed by atoms with Crippen molar-refractivity contribution in [3.05, 3.63) is 16.1 Å². The van der Waals surface area contributed by atoms with Gasteiger partial charge in [-0.05, 0) is 25.9 Å². The molecule has 0 aromatic carbocycles. The molecule has 0 aliphatic carbocycles. The molecule has 0 radical (unpaired) electrons. The molecule has 0 unspecified atom stereocenters. The number of aromatic nitrogens is 1. The number of rotatable bonds is 9. The Morgan fingerprint density at radius 2 is 2.17 bits per heavy atom. The lowest BCUT2D eigenvalue weighted by atomic mass is 10.4. The summed E-state index contributed by atoms with van der Waals surface area (Å²) in [6.45, 7) is 5.96. The molecule has 7 heteroatoms. The molecule has 1 rings (SSSR count). The zero-order valence-corrected chi connectivity index (χ0v) is 12.5. The minimum absolute atomic E-state index is 0.159. The van der Waals surface area contributed by atoms with E-state index in [0.29, 0.717) is 13.0 Å². The number of hydrogen-bond acceptors (Lipinski definition) is 5. The normalized spacial score (nSPS) is 11.9. The fourth-order valence-corrected chi connectivity index (χ4v) is 3.32. The van der Waals surface area contributed by atoms with Crippen LogP contribution < -0.4 is 10.0 Å². The van der Waals surface area contributed by atoms with Crippen molar-refractivity contribution in [3.8, 4) is 0 Å². The molecule has 1 heterocycles. The van der Waals surface area contributed by atoms with E-state index in [2.05, 4.69) is 21.9 Å². The van der Waals surface area contributed by atoms with Crippen LogP contribution in [0.1, 0.15) is 30.2 Å². The van der Waals surface area contributed by atoms with Crippen molar-refractivity contribution in [2.45, 2.75) is 33.2 Å². The molecule has 1 aromatic heterocycles. The van der Waals surface area contributed by atoms with Crippen LogP contribution in [0.25, 0.3) is 0 Å². The van der Waals surface area contributed by atoms with E-state index in [0.717, 1.165) is 24.5 Å². The molecule has 0 fully saturated rings. The quantitative estimate of drug-likeness (QED) is 0.669. The first-order chi connectivity index (χ1) is 8.57. The van der Waals surface area contributed by atoms with E-state index in [1.807, 2.05) is 6.92 Å². The molecule has 1 aromatic rings. The molecule has 0 aliphatic rings. The second-order valence-electron chi connectivity index (χ2n) is 3.92. The molecule has 0 atom stereocenters. The van der Waals surface area contributed by atoms with Gasteiger partial charge < -0.3 is 5.32 Å². The zero-order valence-electron chi connectivity index (χ0n) is 10.9. The molecule has 0 aliphatic heterocycles. The number of nitrogens with zero attached hydrogens (tertiary/aromatic N) is 1. The van der Waals surface area contributed by atoms with Crippen LogP contribution >= 0.6 is 11.3 Å². The van der Waals surface area contributed by atoms with E-state index in [1.165, 1.54) is 4.88 Å². The van der Waals surface area contributed by atoms with Crippen molar-refractivity contribution < 1.29 is 8.42 Å². The molecule has 104 valence electrons. The Labute approximate surface area is 113 Å². The van der Waals surface area contributed by atoms with Crippen LogP contribution in [0.4, 0.5) is 0 Å². The molecular weight excluding hydrogens is 270 g/mol. The topological polar surface area (TPSA) is 71.1 Å². The summed E-state index contributed by atoms with van der Waals surface area (Å²) in [5.74, 6) is 0.159. The van der Waals surface area contributed by atoms with Gasteiger partial charge in [0.05, 0.1) is 12.3 Å². The Morgan fingerprint density at radius 1 is 1.39 bits per heavy atom. The van der Waals surface area contributed by atoms with Crippen LogP contribution in [0.3, 0.4) is 0 Å². The third kappa shape index (κ3) is 5.90. The zero-order chi connectivity index (χ0) is 13.4. The average molecular weight is 291 g/mol. The summed E-state index contributed by atoms with van der Waals surface area (Å²) in [7, 11) is -3.18. The predicted octanol–water partition coefficient (Wildman–Crippen LogP) is 1.12. The van der Waals surface area contributed by atoms with E-state index in [-0.39, 0.29) is 5.75 Å². The summed E-state index contributed by atoms with van der Waals surface area (Å²) >= 11 is 1.56. The average Bonchev–Trinajstić information content (AvgIpc) is 2.80. The van der Waals surface area contributed by atoms with Gasteiger partial charge in [-0.15, -0.1) is 11.3 Å². The molecular formula is C11H21N3O2S2. The van der Waals surface area contributed by atoms with Crippen LogP contribution in [0.5, 0.6) is 0 Å². The molecule has 0 amide bonds. The maximum atomic E-state index is 11.7. The Kier molecular flexibility index (Phi) is 6.77. The van der Waals surface area contributed by atoms with Crippen molar-refractivity contribution >= 4 is 21.4 Å². The van der Waals surface area contributed by atoms with Gasteiger partial charge in [0.15, 0.2) is 0 Å². The van der Waals surface area contributed by atoms with E-state index < -0.39 is 10.0 Å². The first-order valence-corrected chi connectivity index (χ1v) is 8.66. The van der Waals surface area contributed by atoms with Gasteiger partial charge in [-0.25, -0.2) is 18.1 Å². The summed E-state index contributed by atoms with van der Waals surface area (Å²) < 4.78 is 25.9. The number of thiazole rings is 1. The van der Waals surface area contributed by atoms with E-state index in [9.17, 15) is 8.42 Å².